The largest absolute Gasteiger partial charge is 0.408 e. The normalized spacial score (nSPS) is 22.8. The number of carbonyl (C=O) groups excluding carboxylic acids is 1. The van der Waals surface area contributed by atoms with E-state index in [4.69, 9.17) is 23.5 Å². The Morgan fingerprint density at radius 3 is 2.67 bits per heavy atom. The zero-order valence-corrected chi connectivity index (χ0v) is 25.2. The zero-order chi connectivity index (χ0) is 29.1. The Morgan fingerprint density at radius 1 is 1.38 bits per heavy atom. The minimum Gasteiger partial charge on any atom is -0.408 e. The lowest BCUT2D eigenvalue weighted by molar-refractivity contribution is -0.118. The molecule has 0 bridgehead atoms. The molecule has 1 amide bonds. The van der Waals surface area contributed by atoms with Crippen LogP contribution in [-0.2, 0) is 27.6 Å². The zero-order valence-electron chi connectivity index (χ0n) is 23.2. The number of fused-ring (bicyclic) bond motifs is 1. The fourth-order valence-corrected chi connectivity index (χ4v) is 5.75. The maximum absolute atomic E-state index is 12.8. The molecule has 1 aliphatic rings. The first-order valence-corrected chi connectivity index (χ1v) is 16.8. The second kappa shape index (κ2) is 12.4. The number of rotatable bonds is 11. The number of nitriles is 1. The van der Waals surface area contributed by atoms with Gasteiger partial charge in [-0.05, 0) is 18.1 Å². The minimum absolute atomic E-state index is 0.0212. The molecule has 0 aromatic carbocycles. The lowest BCUT2D eigenvalue weighted by Gasteiger charge is -2.40. The molecule has 0 radical (unpaired) electrons. The molecule has 0 saturated carbocycles. The van der Waals surface area contributed by atoms with Crippen LogP contribution in [0.4, 0.5) is 5.95 Å². The van der Waals surface area contributed by atoms with E-state index in [0.717, 1.165) is 0 Å². The Balaban J connectivity index is 2.06. The van der Waals surface area contributed by atoms with Crippen molar-refractivity contribution in [3.05, 3.63) is 16.7 Å². The van der Waals surface area contributed by atoms with Gasteiger partial charge in [-0.2, -0.15) is 10.2 Å². The monoisotopic (exact) mass is 584 g/mol. The van der Waals surface area contributed by atoms with Crippen LogP contribution >= 0.6 is 8.25 Å². The van der Waals surface area contributed by atoms with Gasteiger partial charge in [0, 0.05) is 5.92 Å². The smallest absolute Gasteiger partial charge is 0.319 e. The highest BCUT2D eigenvalue weighted by molar-refractivity contribution is 7.33. The molecular formula is C23H37N6O8PSi. The highest BCUT2D eigenvalue weighted by Crippen LogP contribution is 2.45. The number of aromatic amines is 1. The molecule has 2 aromatic heterocycles. The van der Waals surface area contributed by atoms with Crippen molar-refractivity contribution in [2.24, 2.45) is 5.92 Å². The number of nitrogens with one attached hydrogen (secondary N) is 2. The summed E-state index contributed by atoms with van der Waals surface area (Å²) in [6.07, 6.45) is -2.51. The summed E-state index contributed by atoms with van der Waals surface area (Å²) in [6, 6.07) is 1.91. The Labute approximate surface area is 228 Å². The third-order valence-electron chi connectivity index (χ3n) is 6.84. The van der Waals surface area contributed by atoms with Crippen molar-refractivity contribution in [3.63, 3.8) is 0 Å². The van der Waals surface area contributed by atoms with Gasteiger partial charge in [0.1, 0.15) is 18.3 Å². The second-order valence-electron chi connectivity index (χ2n) is 11.1. The molecule has 3 heterocycles. The van der Waals surface area contributed by atoms with Gasteiger partial charge in [0.15, 0.2) is 25.7 Å². The molecule has 39 heavy (non-hydrogen) atoms. The van der Waals surface area contributed by atoms with E-state index in [1.165, 1.54) is 10.9 Å². The number of carbonyl (C=O) groups is 1. The van der Waals surface area contributed by atoms with Gasteiger partial charge in [-0.25, -0.2) is 4.98 Å². The van der Waals surface area contributed by atoms with Crippen molar-refractivity contribution in [2.75, 3.05) is 18.5 Å². The second-order valence-corrected chi connectivity index (χ2v) is 16.8. The molecule has 2 aromatic rings. The molecule has 3 N–H and O–H groups in total. The quantitative estimate of drug-likeness (QED) is 0.200. The van der Waals surface area contributed by atoms with Gasteiger partial charge < -0.3 is 18.8 Å². The summed E-state index contributed by atoms with van der Waals surface area (Å²) in [5, 5.41) is 21.3. The summed E-state index contributed by atoms with van der Waals surface area (Å²) < 4.78 is 38.0. The lowest BCUT2D eigenvalue weighted by atomic mass is 10.1. The molecule has 0 spiro atoms. The van der Waals surface area contributed by atoms with E-state index in [0.29, 0.717) is 0 Å². The van der Waals surface area contributed by atoms with Crippen LogP contribution in [-0.4, -0.2) is 70.4 Å². The third kappa shape index (κ3) is 7.01. The molecule has 1 aliphatic heterocycles. The predicted octanol–water partition coefficient (Wildman–Crippen LogP) is 2.70. The van der Waals surface area contributed by atoms with Gasteiger partial charge in [-0.3, -0.25) is 33.5 Å². The Bertz CT molecular complexity index is 1300. The first kappa shape index (κ1) is 31.1. The third-order valence-corrected chi connectivity index (χ3v) is 12.2. The summed E-state index contributed by atoms with van der Waals surface area (Å²) in [4.78, 5) is 36.0. The SMILES string of the molecule is CC(C)C(=O)Nc1nc2c(ncn2[C@@H]2O[C@H](CO)[C@@H](O[Si](C)(C)C(C)(C)C)[C@H]2O[PH](=O)OCCC#N)c(=O)[nH]1. The molecule has 0 aliphatic carbocycles. The Kier molecular flexibility index (Phi) is 9.87. The number of amides is 1. The average molecular weight is 585 g/mol. The fourth-order valence-electron chi connectivity index (χ4n) is 3.62. The number of aliphatic hydroxyl groups is 1. The number of hydrogen-bond donors (Lipinski definition) is 3. The molecule has 14 nitrogen and oxygen atoms in total. The van der Waals surface area contributed by atoms with Crippen LogP contribution in [0.5, 0.6) is 0 Å². The van der Waals surface area contributed by atoms with Crippen LogP contribution in [0, 0.1) is 17.2 Å². The molecule has 216 valence electrons. The fraction of sp³-hybridized carbons (Fsp3) is 0.696. The number of aromatic nitrogens is 4. The molecule has 1 unspecified atom stereocenters. The van der Waals surface area contributed by atoms with Gasteiger partial charge in [0.2, 0.25) is 11.9 Å². The van der Waals surface area contributed by atoms with Gasteiger partial charge in [0.05, 0.1) is 32.0 Å². The predicted molar refractivity (Wildman–Crippen MR) is 145 cm³/mol. The summed E-state index contributed by atoms with van der Waals surface area (Å²) >= 11 is 0. The number of ether oxygens (including phenoxy) is 1. The Hall–Kier alpha value is -2.44. The highest BCUT2D eigenvalue weighted by atomic mass is 31.1. The molecular weight excluding hydrogens is 547 g/mol. The van der Waals surface area contributed by atoms with E-state index >= 15 is 0 Å². The highest BCUT2D eigenvalue weighted by Gasteiger charge is 2.52. The summed E-state index contributed by atoms with van der Waals surface area (Å²) in [6.45, 7) is 13.1. The average Bonchev–Trinajstić information content (AvgIpc) is 3.40. The van der Waals surface area contributed by atoms with E-state index in [-0.39, 0.29) is 47.0 Å². The number of aliphatic hydroxyl groups excluding tert-OH is 1. The lowest BCUT2D eigenvalue weighted by Crippen LogP contribution is -2.50. The van der Waals surface area contributed by atoms with Crippen molar-refractivity contribution < 1.29 is 32.7 Å². The van der Waals surface area contributed by atoms with E-state index in [1.54, 1.807) is 13.8 Å². The van der Waals surface area contributed by atoms with Crippen molar-refractivity contribution >= 4 is 39.6 Å². The van der Waals surface area contributed by atoms with E-state index in [9.17, 15) is 19.3 Å². The number of imidazole rings is 1. The maximum atomic E-state index is 12.8. The van der Waals surface area contributed by atoms with E-state index in [2.05, 4.69) is 41.0 Å². The van der Waals surface area contributed by atoms with Gasteiger partial charge in [0.25, 0.3) is 5.56 Å². The maximum Gasteiger partial charge on any atom is 0.319 e. The van der Waals surface area contributed by atoms with Crippen LogP contribution in [0.15, 0.2) is 11.1 Å². The van der Waals surface area contributed by atoms with Gasteiger partial charge >= 0.3 is 8.25 Å². The summed E-state index contributed by atoms with van der Waals surface area (Å²) in [5.41, 5.74) is -0.534. The summed E-state index contributed by atoms with van der Waals surface area (Å²) in [7, 11) is -5.58. The number of nitrogens with zero attached hydrogens (tertiary/aromatic N) is 4. The van der Waals surface area contributed by atoms with E-state index < -0.39 is 53.3 Å². The van der Waals surface area contributed by atoms with Crippen LogP contribution in [0.3, 0.4) is 0 Å². The molecule has 1 saturated heterocycles. The van der Waals surface area contributed by atoms with Crippen molar-refractivity contribution in [1.82, 2.24) is 19.5 Å². The molecule has 1 fully saturated rings. The first-order chi connectivity index (χ1) is 18.2. The number of H-pyrrole nitrogens is 1. The summed E-state index contributed by atoms with van der Waals surface area (Å²) in [5.74, 6) is -0.785. The van der Waals surface area contributed by atoms with Crippen molar-refractivity contribution in [3.8, 4) is 6.07 Å². The first-order valence-electron chi connectivity index (χ1n) is 12.6. The molecule has 3 rings (SSSR count). The topological polar surface area (TPSA) is 191 Å². The van der Waals surface area contributed by atoms with Crippen molar-refractivity contribution in [2.45, 2.75) is 83.7 Å². The van der Waals surface area contributed by atoms with Crippen LogP contribution < -0.4 is 10.9 Å². The van der Waals surface area contributed by atoms with Crippen molar-refractivity contribution in [1.29, 1.82) is 5.26 Å². The van der Waals surface area contributed by atoms with Crippen LogP contribution in [0.1, 0.15) is 47.3 Å². The van der Waals surface area contributed by atoms with E-state index in [1.807, 2.05) is 19.2 Å². The molecule has 16 heteroatoms. The standard InChI is InChI=1S/C23H37N6O8PSi/c1-13(2)19(31)27-22-26-18-15(20(32)28-22)25-12-29(18)21-17(36-38(33)34-10-8-9-24)16(14(11-30)35-21)37-39(6,7)23(3,4)5/h12-14,16-17,21,30,38H,8,10-11H2,1-7H3,(H2,26,27,28,31,32)/t14-,16-,17-,21-/m1/s1. The van der Waals surface area contributed by atoms with Gasteiger partial charge in [-0.1, -0.05) is 34.6 Å². The number of anilines is 1. The number of hydrogen-bond acceptors (Lipinski definition) is 11. The van der Waals surface area contributed by atoms with Gasteiger partial charge in [-0.15, -0.1) is 0 Å². The minimum atomic E-state index is -3.12. The van der Waals surface area contributed by atoms with Crippen LogP contribution in [0.2, 0.25) is 18.1 Å². The Morgan fingerprint density at radius 2 is 2.08 bits per heavy atom. The van der Waals surface area contributed by atoms with Crippen LogP contribution in [0.25, 0.3) is 11.2 Å². The molecule has 5 atom stereocenters.